The van der Waals surface area contributed by atoms with E-state index in [1.807, 2.05) is 19.1 Å². The Bertz CT molecular complexity index is 462. The molecule has 3 heteroatoms. The maximum absolute atomic E-state index is 12.2. The van der Waals surface area contributed by atoms with Gasteiger partial charge >= 0.3 is 0 Å². The number of nitrogens with one attached hydrogen (secondary N) is 1. The van der Waals surface area contributed by atoms with E-state index in [2.05, 4.69) is 12.2 Å². The summed E-state index contributed by atoms with van der Waals surface area (Å²) in [5.74, 6) is -0.0481. The van der Waals surface area contributed by atoms with Crippen molar-refractivity contribution in [1.29, 1.82) is 0 Å². The van der Waals surface area contributed by atoms with E-state index in [0.717, 1.165) is 12.1 Å². The lowest BCUT2D eigenvalue weighted by atomic mass is 9.76. The number of nitrogens with two attached hydrogens (primary N) is 1. The van der Waals surface area contributed by atoms with Crippen LogP contribution in [0.5, 0.6) is 0 Å². The molecule has 0 aromatic heterocycles. The summed E-state index contributed by atoms with van der Waals surface area (Å²) in [6.45, 7) is 4.99. The number of rotatable bonds is 3. The van der Waals surface area contributed by atoms with Gasteiger partial charge in [-0.05, 0) is 37.3 Å². The van der Waals surface area contributed by atoms with Gasteiger partial charge in [0.2, 0.25) is 0 Å². The highest BCUT2D eigenvalue weighted by molar-refractivity contribution is 5.99. The summed E-state index contributed by atoms with van der Waals surface area (Å²) < 4.78 is 0. The molecule has 0 heterocycles. The van der Waals surface area contributed by atoms with Crippen molar-refractivity contribution in [1.82, 2.24) is 5.32 Å². The van der Waals surface area contributed by atoms with Crippen LogP contribution in [0.2, 0.25) is 0 Å². The van der Waals surface area contributed by atoms with Gasteiger partial charge in [-0.2, -0.15) is 0 Å². The normalized spacial score (nSPS) is 18.0. The minimum atomic E-state index is -0.0481. The predicted molar refractivity (Wildman–Crippen MR) is 79.1 cm³/mol. The molecule has 0 aliphatic heterocycles. The lowest BCUT2D eigenvalue weighted by Gasteiger charge is -2.33. The van der Waals surface area contributed by atoms with E-state index in [-0.39, 0.29) is 11.3 Å². The second-order valence-electron chi connectivity index (χ2n) is 6.14. The minimum Gasteiger partial charge on any atom is -0.398 e. The summed E-state index contributed by atoms with van der Waals surface area (Å²) in [5.41, 5.74) is 8.34. The topological polar surface area (TPSA) is 55.1 Å². The molecule has 2 rings (SSSR count). The average Bonchev–Trinajstić information content (AvgIpc) is 2.40. The molecular formula is C16H24N2O. The Balaban J connectivity index is 1.99. The first-order valence-electron chi connectivity index (χ1n) is 7.15. The van der Waals surface area contributed by atoms with Gasteiger partial charge < -0.3 is 11.1 Å². The zero-order chi connectivity index (χ0) is 13.9. The molecule has 0 bridgehead atoms. The molecule has 1 aliphatic rings. The summed E-state index contributed by atoms with van der Waals surface area (Å²) in [4.78, 5) is 12.2. The van der Waals surface area contributed by atoms with Crippen LogP contribution in [0.25, 0.3) is 0 Å². The summed E-state index contributed by atoms with van der Waals surface area (Å²) in [6, 6.07) is 5.58. The molecule has 1 aromatic rings. The fraction of sp³-hybridized carbons (Fsp3) is 0.562. The highest BCUT2D eigenvalue weighted by Gasteiger charge is 2.27. The molecule has 0 atom stereocenters. The van der Waals surface area contributed by atoms with Crippen molar-refractivity contribution < 1.29 is 4.79 Å². The van der Waals surface area contributed by atoms with Crippen LogP contribution >= 0.6 is 0 Å². The Labute approximate surface area is 115 Å². The molecule has 3 nitrogen and oxygen atoms in total. The lowest BCUT2D eigenvalue weighted by Crippen LogP contribution is -2.37. The number of benzene rings is 1. The van der Waals surface area contributed by atoms with Crippen molar-refractivity contribution in [2.45, 2.75) is 46.0 Å². The highest BCUT2D eigenvalue weighted by Crippen LogP contribution is 2.35. The van der Waals surface area contributed by atoms with Crippen LogP contribution in [0.4, 0.5) is 5.69 Å². The van der Waals surface area contributed by atoms with Crippen LogP contribution < -0.4 is 11.1 Å². The average molecular weight is 260 g/mol. The molecular weight excluding hydrogens is 236 g/mol. The van der Waals surface area contributed by atoms with Crippen molar-refractivity contribution in [3.63, 3.8) is 0 Å². The molecule has 1 amide bonds. The van der Waals surface area contributed by atoms with E-state index < -0.39 is 0 Å². The van der Waals surface area contributed by atoms with Gasteiger partial charge in [0, 0.05) is 12.2 Å². The Hall–Kier alpha value is -1.51. The zero-order valence-corrected chi connectivity index (χ0v) is 12.0. The molecule has 1 fully saturated rings. The number of hydrogen-bond donors (Lipinski definition) is 2. The molecule has 0 radical (unpaired) electrons. The SMILES string of the molecule is Cc1ccc(N)c(C(=O)NCC2(C)CCCCC2)c1. The maximum atomic E-state index is 12.2. The second kappa shape index (κ2) is 5.64. The smallest absolute Gasteiger partial charge is 0.253 e. The fourth-order valence-corrected chi connectivity index (χ4v) is 2.84. The molecule has 1 aromatic carbocycles. The van der Waals surface area contributed by atoms with Gasteiger partial charge in [0.15, 0.2) is 0 Å². The quantitative estimate of drug-likeness (QED) is 0.819. The van der Waals surface area contributed by atoms with E-state index in [1.165, 1.54) is 32.1 Å². The predicted octanol–water partition coefficient (Wildman–Crippen LogP) is 3.28. The van der Waals surface area contributed by atoms with E-state index in [1.54, 1.807) is 6.07 Å². The standard InChI is InChI=1S/C16H24N2O/c1-12-6-7-14(17)13(10-12)15(19)18-11-16(2)8-4-3-5-9-16/h6-7,10H,3-5,8-9,11,17H2,1-2H3,(H,18,19). The van der Waals surface area contributed by atoms with Gasteiger partial charge in [0.1, 0.15) is 0 Å². The maximum Gasteiger partial charge on any atom is 0.253 e. The van der Waals surface area contributed by atoms with Gasteiger partial charge in [0.05, 0.1) is 5.56 Å². The van der Waals surface area contributed by atoms with Gasteiger partial charge in [-0.1, -0.05) is 37.8 Å². The molecule has 0 spiro atoms. The van der Waals surface area contributed by atoms with Gasteiger partial charge in [-0.3, -0.25) is 4.79 Å². The molecule has 3 N–H and O–H groups in total. The number of anilines is 1. The van der Waals surface area contributed by atoms with Gasteiger partial charge in [0.25, 0.3) is 5.91 Å². The Morgan fingerprint density at radius 3 is 2.68 bits per heavy atom. The minimum absolute atomic E-state index is 0.0481. The zero-order valence-electron chi connectivity index (χ0n) is 12.0. The van der Waals surface area contributed by atoms with E-state index in [0.29, 0.717) is 11.3 Å². The van der Waals surface area contributed by atoms with Crippen LogP contribution in [0.1, 0.15) is 54.9 Å². The molecule has 1 saturated carbocycles. The van der Waals surface area contributed by atoms with Crippen LogP contribution in [-0.4, -0.2) is 12.5 Å². The number of aryl methyl sites for hydroxylation is 1. The molecule has 1 aliphatic carbocycles. The number of nitrogen functional groups attached to an aromatic ring is 1. The molecule has 19 heavy (non-hydrogen) atoms. The number of amides is 1. The third kappa shape index (κ3) is 3.49. The monoisotopic (exact) mass is 260 g/mol. The highest BCUT2D eigenvalue weighted by atomic mass is 16.1. The van der Waals surface area contributed by atoms with Crippen LogP contribution in [-0.2, 0) is 0 Å². The summed E-state index contributed by atoms with van der Waals surface area (Å²) in [7, 11) is 0. The first kappa shape index (κ1) is 13.9. The van der Waals surface area contributed by atoms with E-state index >= 15 is 0 Å². The summed E-state index contributed by atoms with van der Waals surface area (Å²) >= 11 is 0. The number of carbonyl (C=O) groups excluding carboxylic acids is 1. The Morgan fingerprint density at radius 2 is 2.00 bits per heavy atom. The first-order chi connectivity index (χ1) is 9.00. The largest absolute Gasteiger partial charge is 0.398 e. The number of hydrogen-bond acceptors (Lipinski definition) is 2. The van der Waals surface area contributed by atoms with Gasteiger partial charge in [-0.15, -0.1) is 0 Å². The molecule has 0 saturated heterocycles. The van der Waals surface area contributed by atoms with Crippen molar-refractivity contribution in [3.05, 3.63) is 29.3 Å². The first-order valence-corrected chi connectivity index (χ1v) is 7.15. The van der Waals surface area contributed by atoms with E-state index in [4.69, 9.17) is 5.73 Å². The fourth-order valence-electron chi connectivity index (χ4n) is 2.84. The lowest BCUT2D eigenvalue weighted by molar-refractivity contribution is 0.0920. The van der Waals surface area contributed by atoms with Crippen molar-refractivity contribution in [2.75, 3.05) is 12.3 Å². The van der Waals surface area contributed by atoms with E-state index in [9.17, 15) is 4.79 Å². The van der Waals surface area contributed by atoms with Crippen LogP contribution in [0.15, 0.2) is 18.2 Å². The van der Waals surface area contributed by atoms with Crippen molar-refractivity contribution in [3.8, 4) is 0 Å². The third-order valence-electron chi connectivity index (χ3n) is 4.19. The molecule has 104 valence electrons. The number of carbonyl (C=O) groups is 1. The third-order valence-corrected chi connectivity index (χ3v) is 4.19. The van der Waals surface area contributed by atoms with Crippen LogP contribution in [0.3, 0.4) is 0 Å². The molecule has 0 unspecified atom stereocenters. The van der Waals surface area contributed by atoms with Crippen molar-refractivity contribution in [2.24, 2.45) is 5.41 Å². The summed E-state index contributed by atoms with van der Waals surface area (Å²) in [6.07, 6.45) is 6.29. The Kier molecular flexibility index (Phi) is 4.13. The second-order valence-corrected chi connectivity index (χ2v) is 6.14. The van der Waals surface area contributed by atoms with Crippen molar-refractivity contribution >= 4 is 11.6 Å². The summed E-state index contributed by atoms with van der Waals surface area (Å²) in [5, 5.41) is 3.06. The van der Waals surface area contributed by atoms with Crippen LogP contribution in [0, 0.1) is 12.3 Å². The van der Waals surface area contributed by atoms with Gasteiger partial charge in [-0.25, -0.2) is 0 Å². The Morgan fingerprint density at radius 1 is 1.32 bits per heavy atom.